The Morgan fingerprint density at radius 2 is 1.82 bits per heavy atom. The van der Waals surface area contributed by atoms with E-state index in [1.165, 1.54) is 0 Å². The van der Waals surface area contributed by atoms with Gasteiger partial charge in [-0.2, -0.15) is 5.10 Å². The Morgan fingerprint density at radius 3 is 2.71 bits per heavy atom. The van der Waals surface area contributed by atoms with E-state index in [2.05, 4.69) is 21.2 Å². The van der Waals surface area contributed by atoms with Gasteiger partial charge in [-0.05, 0) is 30.4 Å². The van der Waals surface area contributed by atoms with E-state index in [1.54, 1.807) is 6.20 Å². The summed E-state index contributed by atoms with van der Waals surface area (Å²) in [5.74, 6) is 0. The Balaban J connectivity index is 1.98. The van der Waals surface area contributed by atoms with Crippen LogP contribution in [-0.4, -0.2) is 15.2 Å². The van der Waals surface area contributed by atoms with Crippen LogP contribution in [-0.2, 0) is 0 Å². The topological polar surface area (TPSA) is 41.6 Å². The molecule has 0 spiro atoms. The van der Waals surface area contributed by atoms with Crippen LogP contribution in [0.2, 0.25) is 0 Å². The maximum absolute atomic E-state index is 4.27. The lowest BCUT2D eigenvalue weighted by Crippen LogP contribution is -1.77. The Morgan fingerprint density at radius 1 is 0.941 bits per heavy atom. The first-order chi connectivity index (χ1) is 8.43. The molecule has 0 aliphatic heterocycles. The fourth-order valence-electron chi connectivity index (χ4n) is 1.75. The predicted octanol–water partition coefficient (Wildman–Crippen LogP) is 3.13. The van der Waals surface area contributed by atoms with Gasteiger partial charge in [0.1, 0.15) is 0 Å². The second kappa shape index (κ2) is 4.22. The first kappa shape index (κ1) is 9.78. The molecule has 0 aliphatic carbocycles. The van der Waals surface area contributed by atoms with Gasteiger partial charge in [0, 0.05) is 11.6 Å². The van der Waals surface area contributed by atoms with Crippen LogP contribution in [0, 0.1) is 0 Å². The van der Waals surface area contributed by atoms with Gasteiger partial charge in [0.25, 0.3) is 0 Å². The van der Waals surface area contributed by atoms with Gasteiger partial charge >= 0.3 is 0 Å². The molecular formula is C14H11N3. The predicted molar refractivity (Wildman–Crippen MR) is 69.3 cm³/mol. The quantitative estimate of drug-likeness (QED) is 0.722. The van der Waals surface area contributed by atoms with E-state index in [9.17, 15) is 0 Å². The van der Waals surface area contributed by atoms with E-state index in [-0.39, 0.29) is 0 Å². The van der Waals surface area contributed by atoms with Crippen LogP contribution in [0.5, 0.6) is 0 Å². The number of nitrogens with zero attached hydrogens (tertiary/aromatic N) is 2. The molecule has 0 unspecified atom stereocenters. The van der Waals surface area contributed by atoms with Crippen molar-refractivity contribution in [2.45, 2.75) is 0 Å². The van der Waals surface area contributed by atoms with Crippen molar-refractivity contribution in [1.82, 2.24) is 15.2 Å². The molecule has 17 heavy (non-hydrogen) atoms. The zero-order chi connectivity index (χ0) is 11.5. The van der Waals surface area contributed by atoms with E-state index < -0.39 is 0 Å². The molecular weight excluding hydrogens is 210 g/mol. The Hall–Kier alpha value is -2.42. The second-order valence-corrected chi connectivity index (χ2v) is 3.74. The molecule has 82 valence electrons. The first-order valence-corrected chi connectivity index (χ1v) is 5.46. The molecule has 0 saturated carbocycles. The number of H-pyrrole nitrogens is 1. The molecule has 3 rings (SSSR count). The van der Waals surface area contributed by atoms with E-state index in [4.69, 9.17) is 0 Å². The van der Waals surface area contributed by atoms with Crippen molar-refractivity contribution in [2.75, 3.05) is 0 Å². The van der Waals surface area contributed by atoms with E-state index in [0.717, 1.165) is 22.3 Å². The minimum Gasteiger partial charge on any atom is -0.277 e. The Bertz CT molecular complexity index is 653. The number of rotatable bonds is 2. The highest BCUT2D eigenvalue weighted by atomic mass is 15.1. The number of hydrogen-bond acceptors (Lipinski definition) is 2. The molecule has 3 nitrogen and oxygen atoms in total. The number of hydrogen-bond donors (Lipinski definition) is 1. The van der Waals surface area contributed by atoms with Crippen LogP contribution in [0.4, 0.5) is 0 Å². The summed E-state index contributed by atoms with van der Waals surface area (Å²) in [6.45, 7) is 0. The standard InChI is InChI=1S/C14H11N3/c1-2-7-13-12(6-1)14(17-16-13)9-8-11-5-3-4-10-15-11/h1-10H,(H,16,17)/b9-8+. The van der Waals surface area contributed by atoms with Crippen molar-refractivity contribution in [3.63, 3.8) is 0 Å². The van der Waals surface area contributed by atoms with Gasteiger partial charge < -0.3 is 0 Å². The van der Waals surface area contributed by atoms with Crippen LogP contribution < -0.4 is 0 Å². The molecule has 2 heterocycles. The van der Waals surface area contributed by atoms with Gasteiger partial charge in [-0.15, -0.1) is 0 Å². The highest BCUT2D eigenvalue weighted by molar-refractivity contribution is 5.88. The first-order valence-electron chi connectivity index (χ1n) is 5.46. The Labute approximate surface area is 98.8 Å². The summed E-state index contributed by atoms with van der Waals surface area (Å²) < 4.78 is 0. The SMILES string of the molecule is C(=C\c1n[nH]c2ccccc12)/c1ccccn1. The molecule has 0 bridgehead atoms. The van der Waals surface area contributed by atoms with Gasteiger partial charge in [-0.3, -0.25) is 10.1 Å². The summed E-state index contributed by atoms with van der Waals surface area (Å²) in [4.78, 5) is 4.23. The number of pyridine rings is 1. The molecule has 1 N–H and O–H groups in total. The number of benzene rings is 1. The smallest absolute Gasteiger partial charge is 0.0927 e. The van der Waals surface area contributed by atoms with Crippen molar-refractivity contribution in [2.24, 2.45) is 0 Å². The molecule has 3 aromatic rings. The van der Waals surface area contributed by atoms with Crippen molar-refractivity contribution >= 4 is 23.1 Å². The number of aromatic amines is 1. The van der Waals surface area contributed by atoms with E-state index in [0.29, 0.717) is 0 Å². The lowest BCUT2D eigenvalue weighted by Gasteiger charge is -1.90. The largest absolute Gasteiger partial charge is 0.277 e. The molecule has 0 aliphatic rings. The average molecular weight is 221 g/mol. The van der Waals surface area contributed by atoms with E-state index >= 15 is 0 Å². The van der Waals surface area contributed by atoms with Crippen molar-refractivity contribution in [3.8, 4) is 0 Å². The third-order valence-electron chi connectivity index (χ3n) is 2.60. The fraction of sp³-hybridized carbons (Fsp3) is 0. The highest BCUT2D eigenvalue weighted by Crippen LogP contribution is 2.16. The maximum Gasteiger partial charge on any atom is 0.0927 e. The lowest BCUT2D eigenvalue weighted by molar-refractivity contribution is 1.11. The third kappa shape index (κ3) is 1.95. The molecule has 0 amide bonds. The summed E-state index contributed by atoms with van der Waals surface area (Å²) in [7, 11) is 0. The molecule has 0 atom stereocenters. The van der Waals surface area contributed by atoms with Crippen LogP contribution >= 0.6 is 0 Å². The van der Waals surface area contributed by atoms with Gasteiger partial charge in [-0.25, -0.2) is 0 Å². The lowest BCUT2D eigenvalue weighted by atomic mass is 10.2. The van der Waals surface area contributed by atoms with Crippen LogP contribution in [0.15, 0.2) is 48.7 Å². The Kier molecular flexibility index (Phi) is 2.43. The number of nitrogens with one attached hydrogen (secondary N) is 1. The van der Waals surface area contributed by atoms with Crippen LogP contribution in [0.3, 0.4) is 0 Å². The van der Waals surface area contributed by atoms with E-state index in [1.807, 2.05) is 48.6 Å². The van der Waals surface area contributed by atoms with Crippen molar-refractivity contribution in [1.29, 1.82) is 0 Å². The summed E-state index contributed by atoms with van der Waals surface area (Å²) in [6, 6.07) is 13.9. The summed E-state index contributed by atoms with van der Waals surface area (Å²) in [5, 5.41) is 8.40. The summed E-state index contributed by atoms with van der Waals surface area (Å²) >= 11 is 0. The van der Waals surface area contributed by atoms with Gasteiger partial charge in [0.05, 0.1) is 16.9 Å². The average Bonchev–Trinajstić information content (AvgIpc) is 2.81. The summed E-state index contributed by atoms with van der Waals surface area (Å²) in [6.07, 6.45) is 5.71. The minimum atomic E-state index is 0.930. The third-order valence-corrected chi connectivity index (χ3v) is 2.60. The van der Waals surface area contributed by atoms with Gasteiger partial charge in [0.15, 0.2) is 0 Å². The monoisotopic (exact) mass is 221 g/mol. The number of fused-ring (bicyclic) bond motifs is 1. The second-order valence-electron chi connectivity index (χ2n) is 3.74. The molecule has 1 aromatic carbocycles. The van der Waals surface area contributed by atoms with Crippen LogP contribution in [0.25, 0.3) is 23.1 Å². The maximum atomic E-state index is 4.27. The highest BCUT2D eigenvalue weighted by Gasteiger charge is 2.00. The van der Waals surface area contributed by atoms with Gasteiger partial charge in [-0.1, -0.05) is 24.3 Å². The zero-order valence-corrected chi connectivity index (χ0v) is 9.17. The molecule has 2 aromatic heterocycles. The molecule has 0 fully saturated rings. The number of aromatic nitrogens is 3. The zero-order valence-electron chi connectivity index (χ0n) is 9.17. The minimum absolute atomic E-state index is 0.930. The number of para-hydroxylation sites is 1. The van der Waals surface area contributed by atoms with Gasteiger partial charge in [0.2, 0.25) is 0 Å². The van der Waals surface area contributed by atoms with Crippen LogP contribution in [0.1, 0.15) is 11.4 Å². The molecule has 0 radical (unpaired) electrons. The molecule has 3 heteroatoms. The molecule has 0 saturated heterocycles. The van der Waals surface area contributed by atoms with Crippen molar-refractivity contribution < 1.29 is 0 Å². The summed E-state index contributed by atoms with van der Waals surface area (Å²) in [5.41, 5.74) is 2.92. The fourth-order valence-corrected chi connectivity index (χ4v) is 1.75. The normalized spacial score (nSPS) is 11.3. The van der Waals surface area contributed by atoms with Crippen molar-refractivity contribution in [3.05, 3.63) is 60.0 Å².